The SMILES string of the molecule is COC(=O)C(=COCF)c1ccccc1COc1ccn(-c2ccc(Cl)cc2)n1. The zero-order valence-electron chi connectivity index (χ0n) is 15.5. The van der Waals surface area contributed by atoms with Crippen LogP contribution < -0.4 is 4.74 Å². The molecule has 0 atom stereocenters. The molecule has 0 fully saturated rings. The number of nitrogens with zero attached hydrogens (tertiary/aromatic N) is 2. The van der Waals surface area contributed by atoms with Crippen LogP contribution in [0.1, 0.15) is 11.1 Å². The van der Waals surface area contributed by atoms with Crippen molar-refractivity contribution < 1.29 is 23.4 Å². The van der Waals surface area contributed by atoms with Gasteiger partial charge in [0.2, 0.25) is 12.7 Å². The van der Waals surface area contributed by atoms with Gasteiger partial charge in [-0.05, 0) is 35.4 Å². The molecule has 150 valence electrons. The van der Waals surface area contributed by atoms with E-state index in [-0.39, 0.29) is 12.2 Å². The molecule has 8 heteroatoms. The summed E-state index contributed by atoms with van der Waals surface area (Å²) in [5.74, 6) is -0.240. The second-order valence-corrected chi connectivity index (χ2v) is 6.26. The molecular formula is C21H18ClFN2O4. The molecule has 29 heavy (non-hydrogen) atoms. The zero-order valence-corrected chi connectivity index (χ0v) is 16.3. The van der Waals surface area contributed by atoms with Gasteiger partial charge in [-0.25, -0.2) is 13.9 Å². The Bertz CT molecular complexity index is 1000. The summed E-state index contributed by atoms with van der Waals surface area (Å²) >= 11 is 5.91. The lowest BCUT2D eigenvalue weighted by molar-refractivity contribution is -0.133. The predicted octanol–water partition coefficient (Wildman–Crippen LogP) is 4.56. The molecule has 0 bridgehead atoms. The molecule has 0 aliphatic carbocycles. The number of rotatable bonds is 8. The Morgan fingerprint density at radius 3 is 2.66 bits per heavy atom. The molecule has 0 amide bonds. The van der Waals surface area contributed by atoms with Crippen molar-refractivity contribution in [2.24, 2.45) is 0 Å². The van der Waals surface area contributed by atoms with E-state index in [0.29, 0.717) is 22.0 Å². The number of methoxy groups -OCH3 is 1. The maximum absolute atomic E-state index is 12.4. The molecule has 0 aliphatic rings. The number of benzene rings is 2. The van der Waals surface area contributed by atoms with Crippen molar-refractivity contribution >= 4 is 23.1 Å². The average molecular weight is 417 g/mol. The van der Waals surface area contributed by atoms with Crippen LogP contribution in [0.25, 0.3) is 11.3 Å². The van der Waals surface area contributed by atoms with Crippen molar-refractivity contribution in [2.75, 3.05) is 14.0 Å². The summed E-state index contributed by atoms with van der Waals surface area (Å²) in [4.78, 5) is 12.1. The summed E-state index contributed by atoms with van der Waals surface area (Å²) in [6.07, 6.45) is 2.80. The van der Waals surface area contributed by atoms with Crippen molar-refractivity contribution in [3.63, 3.8) is 0 Å². The van der Waals surface area contributed by atoms with Crippen molar-refractivity contribution in [3.05, 3.63) is 83.2 Å². The summed E-state index contributed by atoms with van der Waals surface area (Å²) in [7, 11) is 1.24. The normalized spacial score (nSPS) is 11.2. The molecule has 6 nitrogen and oxygen atoms in total. The summed E-state index contributed by atoms with van der Waals surface area (Å²) in [6.45, 7) is -0.918. The van der Waals surface area contributed by atoms with Gasteiger partial charge in [0.05, 0.1) is 12.8 Å². The van der Waals surface area contributed by atoms with Crippen LogP contribution in [0.4, 0.5) is 4.39 Å². The topological polar surface area (TPSA) is 62.6 Å². The minimum absolute atomic E-state index is 0.0936. The monoisotopic (exact) mass is 416 g/mol. The maximum atomic E-state index is 12.4. The Morgan fingerprint density at radius 1 is 1.17 bits per heavy atom. The summed E-state index contributed by atoms with van der Waals surface area (Å²) < 4.78 is 29.3. The number of hydrogen-bond donors (Lipinski definition) is 0. The fourth-order valence-electron chi connectivity index (χ4n) is 2.63. The predicted molar refractivity (Wildman–Crippen MR) is 106 cm³/mol. The van der Waals surface area contributed by atoms with E-state index >= 15 is 0 Å². The third kappa shape index (κ3) is 5.14. The first kappa shape index (κ1) is 20.4. The van der Waals surface area contributed by atoms with Gasteiger partial charge in [-0.15, -0.1) is 5.10 Å². The van der Waals surface area contributed by atoms with Crippen molar-refractivity contribution in [1.82, 2.24) is 9.78 Å². The standard InChI is InChI=1S/C21H18ClFN2O4/c1-27-21(26)19(13-28-14-23)18-5-3-2-4-15(18)12-29-20-10-11-25(24-20)17-8-6-16(22)7-9-17/h2-11,13H,12,14H2,1H3. The number of carbonyl (C=O) groups is 1. The van der Waals surface area contributed by atoms with Crippen LogP contribution in [-0.2, 0) is 20.9 Å². The van der Waals surface area contributed by atoms with E-state index in [9.17, 15) is 9.18 Å². The molecule has 0 saturated carbocycles. The van der Waals surface area contributed by atoms with E-state index in [0.717, 1.165) is 11.9 Å². The Hall–Kier alpha value is -3.32. The number of hydrogen-bond acceptors (Lipinski definition) is 5. The van der Waals surface area contributed by atoms with Crippen LogP contribution in [-0.4, -0.2) is 29.7 Å². The lowest BCUT2D eigenvalue weighted by atomic mass is 10.0. The molecule has 1 heterocycles. The van der Waals surface area contributed by atoms with E-state index < -0.39 is 12.8 Å². The van der Waals surface area contributed by atoms with Crippen molar-refractivity contribution in [3.8, 4) is 11.6 Å². The van der Waals surface area contributed by atoms with Gasteiger partial charge in [-0.1, -0.05) is 35.9 Å². The van der Waals surface area contributed by atoms with Crippen LogP contribution >= 0.6 is 11.6 Å². The van der Waals surface area contributed by atoms with E-state index in [1.54, 1.807) is 53.3 Å². The number of carbonyl (C=O) groups excluding carboxylic acids is 1. The second-order valence-electron chi connectivity index (χ2n) is 5.82. The molecule has 3 rings (SSSR count). The molecule has 0 saturated heterocycles. The zero-order chi connectivity index (χ0) is 20.6. The fourth-order valence-corrected chi connectivity index (χ4v) is 2.75. The van der Waals surface area contributed by atoms with E-state index in [1.165, 1.54) is 7.11 Å². The van der Waals surface area contributed by atoms with Crippen LogP contribution in [0.3, 0.4) is 0 Å². The van der Waals surface area contributed by atoms with Gasteiger partial charge in [0.1, 0.15) is 18.4 Å². The maximum Gasteiger partial charge on any atom is 0.341 e. The Kier molecular flexibility index (Phi) is 6.86. The Labute approximate surface area is 172 Å². The summed E-state index contributed by atoms with van der Waals surface area (Å²) in [5, 5.41) is 5.01. The largest absolute Gasteiger partial charge is 0.472 e. The van der Waals surface area contributed by atoms with Crippen LogP contribution in [0.15, 0.2) is 67.1 Å². The number of aromatic nitrogens is 2. The number of alkyl halides is 1. The molecule has 0 aliphatic heterocycles. The van der Waals surface area contributed by atoms with Crippen LogP contribution in [0, 0.1) is 0 Å². The van der Waals surface area contributed by atoms with Gasteiger partial charge in [0, 0.05) is 17.3 Å². The highest BCUT2D eigenvalue weighted by molar-refractivity contribution is 6.30. The number of halogens is 2. The van der Waals surface area contributed by atoms with Gasteiger partial charge in [-0.2, -0.15) is 0 Å². The third-order valence-electron chi connectivity index (χ3n) is 4.01. The number of ether oxygens (including phenoxy) is 3. The third-order valence-corrected chi connectivity index (χ3v) is 4.26. The van der Waals surface area contributed by atoms with Gasteiger partial charge >= 0.3 is 5.97 Å². The number of esters is 1. The summed E-state index contributed by atoms with van der Waals surface area (Å²) in [5.41, 5.74) is 2.14. The van der Waals surface area contributed by atoms with Gasteiger partial charge in [-0.3, -0.25) is 0 Å². The van der Waals surface area contributed by atoms with Gasteiger partial charge < -0.3 is 14.2 Å². The molecule has 0 radical (unpaired) electrons. The molecule has 0 spiro atoms. The minimum Gasteiger partial charge on any atom is -0.472 e. The first-order valence-corrected chi connectivity index (χ1v) is 8.99. The quantitative estimate of drug-likeness (QED) is 0.306. The fraction of sp³-hybridized carbons (Fsp3) is 0.143. The van der Waals surface area contributed by atoms with Gasteiger partial charge in [0.15, 0.2) is 0 Å². The second kappa shape index (κ2) is 9.75. The van der Waals surface area contributed by atoms with Crippen molar-refractivity contribution in [2.45, 2.75) is 6.61 Å². The Morgan fingerprint density at radius 2 is 1.93 bits per heavy atom. The lowest BCUT2D eigenvalue weighted by Gasteiger charge is -2.12. The highest BCUT2D eigenvalue weighted by atomic mass is 35.5. The van der Waals surface area contributed by atoms with Crippen LogP contribution in [0.5, 0.6) is 5.88 Å². The smallest absolute Gasteiger partial charge is 0.341 e. The first-order chi connectivity index (χ1) is 14.1. The molecule has 1 aromatic heterocycles. The van der Waals surface area contributed by atoms with E-state index in [2.05, 4.69) is 9.84 Å². The highest BCUT2D eigenvalue weighted by Crippen LogP contribution is 2.23. The molecular weight excluding hydrogens is 399 g/mol. The first-order valence-electron chi connectivity index (χ1n) is 8.61. The minimum atomic E-state index is -1.05. The summed E-state index contributed by atoms with van der Waals surface area (Å²) in [6, 6.07) is 16.0. The van der Waals surface area contributed by atoms with Crippen molar-refractivity contribution in [1.29, 1.82) is 0 Å². The van der Waals surface area contributed by atoms with E-state index in [1.807, 2.05) is 12.1 Å². The molecule has 2 aromatic carbocycles. The van der Waals surface area contributed by atoms with E-state index in [4.69, 9.17) is 21.1 Å². The average Bonchev–Trinajstić information content (AvgIpc) is 3.22. The highest BCUT2D eigenvalue weighted by Gasteiger charge is 2.17. The van der Waals surface area contributed by atoms with Gasteiger partial charge in [0.25, 0.3) is 0 Å². The molecule has 0 unspecified atom stereocenters. The lowest BCUT2D eigenvalue weighted by Crippen LogP contribution is -2.08. The molecule has 0 N–H and O–H groups in total. The Balaban J connectivity index is 1.78. The molecule has 3 aromatic rings. The van der Waals surface area contributed by atoms with Crippen LogP contribution in [0.2, 0.25) is 5.02 Å².